The average molecular weight is 337 g/mol. The molecule has 0 spiro atoms. The highest BCUT2D eigenvalue weighted by molar-refractivity contribution is 7.89. The summed E-state index contributed by atoms with van der Waals surface area (Å²) in [4.78, 5) is 8.17. The molecule has 1 heterocycles. The number of aromatic nitrogens is 2. The Morgan fingerprint density at radius 2 is 1.96 bits per heavy atom. The fourth-order valence-corrected chi connectivity index (χ4v) is 3.34. The van der Waals surface area contributed by atoms with E-state index in [1.54, 1.807) is 30.7 Å². The smallest absolute Gasteiger partial charge is 0.246 e. The lowest BCUT2D eigenvalue weighted by atomic mass is 10.3. The SMILES string of the molecule is COc1ccc(OC)c(S(=O)(=O)N(C)CCc2cnccn2)c1. The quantitative estimate of drug-likeness (QED) is 0.759. The minimum absolute atomic E-state index is 0.0704. The molecule has 0 radical (unpaired) electrons. The lowest BCUT2D eigenvalue weighted by Gasteiger charge is -2.19. The fourth-order valence-electron chi connectivity index (χ4n) is 2.00. The molecule has 2 aromatic rings. The van der Waals surface area contributed by atoms with E-state index in [2.05, 4.69) is 9.97 Å². The fraction of sp³-hybridized carbons (Fsp3) is 0.333. The second-order valence-electron chi connectivity index (χ2n) is 4.79. The van der Waals surface area contributed by atoms with Gasteiger partial charge in [-0.3, -0.25) is 9.97 Å². The van der Waals surface area contributed by atoms with Crippen LogP contribution in [-0.2, 0) is 16.4 Å². The lowest BCUT2D eigenvalue weighted by Crippen LogP contribution is -2.29. The number of methoxy groups -OCH3 is 2. The van der Waals surface area contributed by atoms with Crippen LogP contribution >= 0.6 is 0 Å². The van der Waals surface area contributed by atoms with E-state index >= 15 is 0 Å². The topological polar surface area (TPSA) is 81.6 Å². The van der Waals surface area contributed by atoms with Crippen molar-refractivity contribution in [2.75, 3.05) is 27.8 Å². The molecule has 0 N–H and O–H groups in total. The highest BCUT2D eigenvalue weighted by Gasteiger charge is 2.25. The summed E-state index contributed by atoms with van der Waals surface area (Å²) in [5, 5.41) is 0. The van der Waals surface area contributed by atoms with Crippen molar-refractivity contribution in [1.82, 2.24) is 14.3 Å². The van der Waals surface area contributed by atoms with E-state index in [9.17, 15) is 8.42 Å². The van der Waals surface area contributed by atoms with Crippen molar-refractivity contribution in [1.29, 1.82) is 0 Å². The van der Waals surface area contributed by atoms with Crippen LogP contribution in [0.3, 0.4) is 0 Å². The Bertz CT molecular complexity index is 751. The van der Waals surface area contributed by atoms with E-state index in [1.807, 2.05) is 0 Å². The van der Waals surface area contributed by atoms with Gasteiger partial charge in [-0.25, -0.2) is 12.7 Å². The zero-order chi connectivity index (χ0) is 16.9. The van der Waals surface area contributed by atoms with Gasteiger partial charge >= 0.3 is 0 Å². The van der Waals surface area contributed by atoms with Gasteiger partial charge in [0.15, 0.2) is 0 Å². The van der Waals surface area contributed by atoms with Crippen LogP contribution in [0.15, 0.2) is 41.7 Å². The second kappa shape index (κ2) is 7.38. The third-order valence-electron chi connectivity index (χ3n) is 3.36. The van der Waals surface area contributed by atoms with Crippen molar-refractivity contribution in [3.63, 3.8) is 0 Å². The molecule has 23 heavy (non-hydrogen) atoms. The molecule has 0 aliphatic rings. The third-order valence-corrected chi connectivity index (χ3v) is 5.24. The molecule has 0 amide bonds. The monoisotopic (exact) mass is 337 g/mol. The number of benzene rings is 1. The standard InChI is InChI=1S/C15H19N3O4S/c1-18(9-6-12-11-16-7-8-17-12)23(19,20)15-10-13(21-2)4-5-14(15)22-3/h4-5,7-8,10-11H,6,9H2,1-3H3. The van der Waals surface area contributed by atoms with Gasteiger partial charge in [-0.05, 0) is 12.1 Å². The molecule has 2 rings (SSSR count). The number of likely N-dealkylation sites (N-methyl/N-ethyl adjacent to an activating group) is 1. The number of sulfonamides is 1. The first-order chi connectivity index (χ1) is 11.0. The number of nitrogens with zero attached hydrogens (tertiary/aromatic N) is 3. The van der Waals surface area contributed by atoms with Crippen LogP contribution in [0.1, 0.15) is 5.69 Å². The molecule has 0 unspecified atom stereocenters. The first kappa shape index (κ1) is 17.2. The van der Waals surface area contributed by atoms with E-state index < -0.39 is 10.0 Å². The summed E-state index contributed by atoms with van der Waals surface area (Å²) >= 11 is 0. The van der Waals surface area contributed by atoms with Gasteiger partial charge in [-0.15, -0.1) is 0 Å². The van der Waals surface area contributed by atoms with E-state index in [0.29, 0.717) is 12.2 Å². The van der Waals surface area contributed by atoms with Crippen LogP contribution in [0, 0.1) is 0 Å². The Labute approximate surface area is 136 Å². The Balaban J connectivity index is 2.23. The van der Waals surface area contributed by atoms with Crippen LogP contribution in [-0.4, -0.2) is 50.5 Å². The van der Waals surface area contributed by atoms with Crippen LogP contribution in [0.4, 0.5) is 0 Å². The molecule has 1 aromatic carbocycles. The Morgan fingerprint density at radius 1 is 1.17 bits per heavy atom. The molecule has 0 aliphatic carbocycles. The van der Waals surface area contributed by atoms with Gasteiger partial charge in [0, 0.05) is 44.7 Å². The predicted molar refractivity (Wildman–Crippen MR) is 85.1 cm³/mol. The number of hydrogen-bond donors (Lipinski definition) is 0. The zero-order valence-electron chi connectivity index (χ0n) is 13.3. The lowest BCUT2D eigenvalue weighted by molar-refractivity contribution is 0.388. The average Bonchev–Trinajstić information content (AvgIpc) is 2.59. The Morgan fingerprint density at radius 3 is 2.57 bits per heavy atom. The maximum atomic E-state index is 12.8. The molecule has 0 atom stereocenters. The summed E-state index contributed by atoms with van der Waals surface area (Å²) < 4.78 is 37.0. The van der Waals surface area contributed by atoms with E-state index in [0.717, 1.165) is 5.69 Å². The maximum absolute atomic E-state index is 12.8. The minimum Gasteiger partial charge on any atom is -0.497 e. The molecule has 7 nitrogen and oxygen atoms in total. The number of rotatable bonds is 7. The van der Waals surface area contributed by atoms with E-state index in [1.165, 1.54) is 31.6 Å². The van der Waals surface area contributed by atoms with Gasteiger partial charge in [0.1, 0.15) is 16.4 Å². The summed E-state index contributed by atoms with van der Waals surface area (Å²) in [6.07, 6.45) is 5.24. The van der Waals surface area contributed by atoms with Crippen LogP contribution < -0.4 is 9.47 Å². The Hall–Kier alpha value is -2.19. The van der Waals surface area contributed by atoms with Crippen molar-refractivity contribution in [2.45, 2.75) is 11.3 Å². The third kappa shape index (κ3) is 3.96. The number of ether oxygens (including phenoxy) is 2. The van der Waals surface area contributed by atoms with Crippen LogP contribution in [0.2, 0.25) is 0 Å². The van der Waals surface area contributed by atoms with Crippen molar-refractivity contribution >= 4 is 10.0 Å². The summed E-state index contributed by atoms with van der Waals surface area (Å²) in [7, 11) is 0.727. The largest absolute Gasteiger partial charge is 0.497 e. The first-order valence-corrected chi connectivity index (χ1v) is 8.36. The van der Waals surface area contributed by atoms with Gasteiger partial charge in [0.05, 0.1) is 19.9 Å². The molecular formula is C15H19N3O4S. The van der Waals surface area contributed by atoms with Gasteiger partial charge in [0.2, 0.25) is 10.0 Å². The van der Waals surface area contributed by atoms with E-state index in [-0.39, 0.29) is 17.2 Å². The maximum Gasteiger partial charge on any atom is 0.246 e. The number of hydrogen-bond acceptors (Lipinski definition) is 6. The predicted octanol–water partition coefficient (Wildman–Crippen LogP) is 1.36. The zero-order valence-corrected chi connectivity index (χ0v) is 14.1. The Kier molecular flexibility index (Phi) is 5.51. The van der Waals surface area contributed by atoms with Crippen molar-refractivity contribution in [3.05, 3.63) is 42.5 Å². The molecule has 0 bridgehead atoms. The molecule has 8 heteroatoms. The molecule has 0 saturated heterocycles. The molecule has 0 fully saturated rings. The molecule has 0 aliphatic heterocycles. The van der Waals surface area contributed by atoms with Gasteiger partial charge in [0.25, 0.3) is 0 Å². The van der Waals surface area contributed by atoms with Gasteiger partial charge < -0.3 is 9.47 Å². The second-order valence-corrected chi connectivity index (χ2v) is 6.80. The van der Waals surface area contributed by atoms with Crippen molar-refractivity contribution in [2.24, 2.45) is 0 Å². The van der Waals surface area contributed by atoms with Crippen LogP contribution in [0.5, 0.6) is 11.5 Å². The molecule has 124 valence electrons. The summed E-state index contributed by atoms with van der Waals surface area (Å²) in [6.45, 7) is 0.279. The molecular weight excluding hydrogens is 318 g/mol. The van der Waals surface area contributed by atoms with Crippen molar-refractivity contribution < 1.29 is 17.9 Å². The highest BCUT2D eigenvalue weighted by atomic mass is 32.2. The normalized spacial score (nSPS) is 11.5. The van der Waals surface area contributed by atoms with E-state index in [4.69, 9.17) is 9.47 Å². The van der Waals surface area contributed by atoms with Crippen molar-refractivity contribution in [3.8, 4) is 11.5 Å². The first-order valence-electron chi connectivity index (χ1n) is 6.92. The summed E-state index contributed by atoms with van der Waals surface area (Å²) in [5.74, 6) is 0.726. The minimum atomic E-state index is -3.70. The molecule has 1 aromatic heterocycles. The summed E-state index contributed by atoms with van der Waals surface area (Å²) in [6, 6.07) is 4.67. The van der Waals surface area contributed by atoms with Crippen LogP contribution in [0.25, 0.3) is 0 Å². The highest BCUT2D eigenvalue weighted by Crippen LogP contribution is 2.30. The summed E-state index contributed by atoms with van der Waals surface area (Å²) in [5.41, 5.74) is 0.729. The molecule has 0 saturated carbocycles. The van der Waals surface area contributed by atoms with Gasteiger partial charge in [-0.2, -0.15) is 0 Å². The van der Waals surface area contributed by atoms with Gasteiger partial charge in [-0.1, -0.05) is 0 Å².